The molecule has 0 fully saturated rings. The van der Waals surface area contributed by atoms with E-state index in [1.807, 2.05) is 37.3 Å². The van der Waals surface area contributed by atoms with Crippen LogP contribution in [-0.2, 0) is 6.42 Å². The van der Waals surface area contributed by atoms with E-state index in [0.717, 1.165) is 17.7 Å². The van der Waals surface area contributed by atoms with Crippen molar-refractivity contribution in [1.82, 2.24) is 5.32 Å². The van der Waals surface area contributed by atoms with E-state index >= 15 is 0 Å². The largest absolute Gasteiger partial charge is 0.458 e. The monoisotopic (exact) mass is 287 g/mol. The maximum absolute atomic E-state index is 11.9. The van der Waals surface area contributed by atoms with Crippen LogP contribution in [-0.4, -0.2) is 30.1 Å². The third-order valence-corrected chi connectivity index (χ3v) is 3.35. The minimum atomic E-state index is -0.0430. The lowest BCUT2D eigenvalue weighted by Gasteiger charge is -2.15. The first-order valence-electron chi connectivity index (χ1n) is 7.17. The fourth-order valence-electron chi connectivity index (χ4n) is 2.20. The topological polar surface area (TPSA) is 62.5 Å². The Kier molecular flexibility index (Phi) is 5.72. The molecule has 2 rings (SSSR count). The minimum Gasteiger partial charge on any atom is -0.458 e. The summed E-state index contributed by atoms with van der Waals surface area (Å²) in [6.07, 6.45) is 1.10. The molecule has 1 heterocycles. The van der Waals surface area contributed by atoms with Crippen molar-refractivity contribution in [2.24, 2.45) is 0 Å². The van der Waals surface area contributed by atoms with Crippen molar-refractivity contribution >= 4 is 5.78 Å². The normalized spacial score (nSPS) is 12.3. The predicted octanol–water partition coefficient (Wildman–Crippen LogP) is 2.35. The van der Waals surface area contributed by atoms with E-state index in [1.54, 1.807) is 12.1 Å². The zero-order valence-electron chi connectivity index (χ0n) is 12.2. The van der Waals surface area contributed by atoms with Crippen molar-refractivity contribution < 1.29 is 14.3 Å². The molecule has 0 aliphatic carbocycles. The Morgan fingerprint density at radius 2 is 2.00 bits per heavy atom. The van der Waals surface area contributed by atoms with Gasteiger partial charge in [-0.05, 0) is 31.0 Å². The Labute approximate surface area is 124 Å². The Balaban J connectivity index is 1.77. The molecule has 1 unspecified atom stereocenters. The molecule has 0 aliphatic rings. The average molecular weight is 287 g/mol. The molecule has 2 N–H and O–H groups in total. The molecular weight excluding hydrogens is 266 g/mol. The number of aliphatic hydroxyl groups excluding tert-OH is 1. The molecule has 0 amide bonds. The summed E-state index contributed by atoms with van der Waals surface area (Å²) in [4.78, 5) is 11.9. The number of hydrogen-bond acceptors (Lipinski definition) is 4. The summed E-state index contributed by atoms with van der Waals surface area (Å²) < 4.78 is 5.30. The molecule has 0 saturated heterocycles. The summed E-state index contributed by atoms with van der Waals surface area (Å²) in [5.41, 5.74) is 1.16. The molecule has 4 heteroatoms. The fourth-order valence-corrected chi connectivity index (χ4v) is 2.20. The third kappa shape index (κ3) is 4.85. The minimum absolute atomic E-state index is 0.0213. The van der Waals surface area contributed by atoms with Gasteiger partial charge < -0.3 is 14.8 Å². The average Bonchev–Trinajstić information content (AvgIpc) is 2.94. The molecule has 1 aromatic heterocycles. The molecule has 0 bridgehead atoms. The van der Waals surface area contributed by atoms with E-state index in [-0.39, 0.29) is 18.4 Å². The second-order valence-electron chi connectivity index (χ2n) is 5.11. The number of benzene rings is 1. The first-order valence-corrected chi connectivity index (χ1v) is 7.17. The van der Waals surface area contributed by atoms with E-state index in [2.05, 4.69) is 5.32 Å². The molecule has 4 nitrogen and oxygen atoms in total. The molecule has 112 valence electrons. The number of hydrogen-bond donors (Lipinski definition) is 2. The molecule has 0 saturated carbocycles. The van der Waals surface area contributed by atoms with E-state index in [9.17, 15) is 9.90 Å². The smallest absolute Gasteiger partial charge is 0.199 e. The Hall–Kier alpha value is -1.91. The molecule has 0 aliphatic heterocycles. The predicted molar refractivity (Wildman–Crippen MR) is 81.4 cm³/mol. The lowest BCUT2D eigenvalue weighted by atomic mass is 10.1. The van der Waals surface area contributed by atoms with Crippen LogP contribution in [0, 0.1) is 6.92 Å². The van der Waals surface area contributed by atoms with Gasteiger partial charge in [0.05, 0.1) is 6.61 Å². The lowest BCUT2D eigenvalue weighted by Crippen LogP contribution is -2.35. The highest BCUT2D eigenvalue weighted by Crippen LogP contribution is 2.09. The van der Waals surface area contributed by atoms with Crippen molar-refractivity contribution in [2.45, 2.75) is 25.8 Å². The van der Waals surface area contributed by atoms with Gasteiger partial charge in [-0.3, -0.25) is 4.79 Å². The van der Waals surface area contributed by atoms with E-state index in [1.165, 1.54) is 0 Å². The molecule has 1 aromatic carbocycles. The number of furan rings is 1. The van der Waals surface area contributed by atoms with Crippen molar-refractivity contribution in [2.75, 3.05) is 13.2 Å². The molecule has 21 heavy (non-hydrogen) atoms. The number of ketones is 1. The number of Topliss-reactive ketones (excluding diaryl/α,β-unsaturated/α-hetero) is 1. The Morgan fingerprint density at radius 3 is 2.62 bits per heavy atom. The van der Waals surface area contributed by atoms with Crippen LogP contribution in [0.3, 0.4) is 0 Å². The van der Waals surface area contributed by atoms with Crippen molar-refractivity contribution in [3.05, 3.63) is 59.5 Å². The third-order valence-electron chi connectivity index (χ3n) is 3.35. The maximum Gasteiger partial charge on any atom is 0.199 e. The van der Waals surface area contributed by atoms with Crippen LogP contribution in [0.25, 0.3) is 0 Å². The van der Waals surface area contributed by atoms with Gasteiger partial charge in [-0.2, -0.15) is 0 Å². The zero-order chi connectivity index (χ0) is 15.1. The van der Waals surface area contributed by atoms with E-state index in [0.29, 0.717) is 18.7 Å². The van der Waals surface area contributed by atoms with Gasteiger partial charge in [-0.1, -0.05) is 30.3 Å². The van der Waals surface area contributed by atoms with Crippen LogP contribution in [0.1, 0.15) is 28.3 Å². The highest BCUT2D eigenvalue weighted by molar-refractivity contribution is 5.93. The fraction of sp³-hybridized carbons (Fsp3) is 0.353. The van der Waals surface area contributed by atoms with Gasteiger partial charge in [0, 0.05) is 19.0 Å². The Morgan fingerprint density at radius 1 is 1.24 bits per heavy atom. The van der Waals surface area contributed by atoms with Crippen LogP contribution in [0.2, 0.25) is 0 Å². The van der Waals surface area contributed by atoms with Gasteiger partial charge in [0.15, 0.2) is 11.5 Å². The van der Waals surface area contributed by atoms with E-state index < -0.39 is 0 Å². The number of rotatable bonds is 8. The molecule has 1 atom stereocenters. The van der Waals surface area contributed by atoms with Crippen LogP contribution in [0.5, 0.6) is 0 Å². The SMILES string of the molecule is Cc1ccc(C(=O)CCNC(CO)Cc2ccccc2)o1. The Bertz CT molecular complexity index is 562. The van der Waals surface area contributed by atoms with Crippen LogP contribution in [0.15, 0.2) is 46.9 Å². The van der Waals surface area contributed by atoms with Gasteiger partial charge in [-0.25, -0.2) is 0 Å². The van der Waals surface area contributed by atoms with Gasteiger partial charge >= 0.3 is 0 Å². The van der Waals surface area contributed by atoms with E-state index in [4.69, 9.17) is 4.42 Å². The summed E-state index contributed by atoms with van der Waals surface area (Å²) >= 11 is 0. The second-order valence-corrected chi connectivity index (χ2v) is 5.11. The number of nitrogens with one attached hydrogen (secondary N) is 1. The maximum atomic E-state index is 11.9. The van der Waals surface area contributed by atoms with Gasteiger partial charge in [0.25, 0.3) is 0 Å². The zero-order valence-corrected chi connectivity index (χ0v) is 12.2. The number of aliphatic hydroxyl groups is 1. The highest BCUT2D eigenvalue weighted by Gasteiger charge is 2.12. The second kappa shape index (κ2) is 7.76. The van der Waals surface area contributed by atoms with Crippen molar-refractivity contribution in [3.63, 3.8) is 0 Å². The first-order chi connectivity index (χ1) is 10.2. The van der Waals surface area contributed by atoms with Crippen molar-refractivity contribution in [3.8, 4) is 0 Å². The molecule has 0 spiro atoms. The lowest BCUT2D eigenvalue weighted by molar-refractivity contribution is 0.0952. The summed E-state index contributed by atoms with van der Waals surface area (Å²) in [6.45, 7) is 2.39. The van der Waals surface area contributed by atoms with Crippen molar-refractivity contribution in [1.29, 1.82) is 0 Å². The molecule has 0 radical (unpaired) electrons. The summed E-state index contributed by atoms with van der Waals surface area (Å²) in [7, 11) is 0. The standard InChI is InChI=1S/C17H21NO3/c1-13-7-8-17(21-13)16(20)9-10-18-15(12-19)11-14-5-3-2-4-6-14/h2-8,15,18-19H,9-12H2,1H3. The molecule has 2 aromatic rings. The summed E-state index contributed by atoms with van der Waals surface area (Å²) in [5.74, 6) is 1.12. The number of carbonyl (C=O) groups is 1. The van der Waals surface area contributed by atoms with Gasteiger partial charge in [0.2, 0.25) is 0 Å². The van der Waals surface area contributed by atoms with Crippen LogP contribution >= 0.6 is 0 Å². The quantitative estimate of drug-likeness (QED) is 0.732. The number of carbonyl (C=O) groups excluding carboxylic acids is 1. The molecular formula is C17H21NO3. The number of aryl methyl sites for hydroxylation is 1. The van der Waals surface area contributed by atoms with Gasteiger partial charge in [0.1, 0.15) is 5.76 Å². The van der Waals surface area contributed by atoms with Gasteiger partial charge in [-0.15, -0.1) is 0 Å². The first kappa shape index (κ1) is 15.5. The van der Waals surface area contributed by atoms with Crippen LogP contribution in [0.4, 0.5) is 0 Å². The summed E-state index contributed by atoms with van der Waals surface area (Å²) in [6, 6.07) is 13.4. The highest BCUT2D eigenvalue weighted by atomic mass is 16.3. The summed E-state index contributed by atoms with van der Waals surface area (Å²) in [5, 5.41) is 12.6. The van der Waals surface area contributed by atoms with Crippen LogP contribution < -0.4 is 5.32 Å².